The van der Waals surface area contributed by atoms with Crippen molar-refractivity contribution >= 4 is 23.0 Å². The number of furan rings is 1. The van der Waals surface area contributed by atoms with E-state index < -0.39 is 0 Å². The molecule has 0 bridgehead atoms. The van der Waals surface area contributed by atoms with Crippen molar-refractivity contribution in [2.45, 2.75) is 19.0 Å². The normalized spacial score (nSPS) is 16.3. The standard InChI is InChI=1S/C33H29N3O4S/c1-3-38-25-11-7-22(8-12-25)29-19-20-30(40-29)32-31(28-6-4-5-21-34-28)35-33(41)36(32)23-9-13-26(14-10-23)39-27-17-15-24(37-2)16-18-27/h4-21,31-32H,3H2,1-2H3,(H,35,41)/t31-,32-/m0/s1. The fourth-order valence-corrected chi connectivity index (χ4v) is 5.27. The van der Waals surface area contributed by atoms with Gasteiger partial charge in [0.25, 0.3) is 0 Å². The first-order chi connectivity index (χ1) is 20.1. The van der Waals surface area contributed by atoms with Crippen LogP contribution < -0.4 is 24.4 Å². The van der Waals surface area contributed by atoms with Gasteiger partial charge in [-0.2, -0.15) is 0 Å². The predicted molar refractivity (Wildman–Crippen MR) is 163 cm³/mol. The number of pyridine rings is 1. The van der Waals surface area contributed by atoms with E-state index in [-0.39, 0.29) is 12.1 Å². The third-order valence-electron chi connectivity index (χ3n) is 6.88. The number of thiocarbonyl (C=S) groups is 1. The summed E-state index contributed by atoms with van der Waals surface area (Å²) in [5.41, 5.74) is 2.75. The lowest BCUT2D eigenvalue weighted by Crippen LogP contribution is -2.29. The molecular weight excluding hydrogens is 534 g/mol. The summed E-state index contributed by atoms with van der Waals surface area (Å²) < 4.78 is 23.3. The molecule has 0 radical (unpaired) electrons. The van der Waals surface area contributed by atoms with E-state index in [2.05, 4.69) is 15.2 Å². The van der Waals surface area contributed by atoms with Gasteiger partial charge < -0.3 is 28.8 Å². The number of aromatic nitrogens is 1. The van der Waals surface area contributed by atoms with Crippen molar-refractivity contribution in [2.75, 3.05) is 18.6 Å². The average molecular weight is 564 g/mol. The van der Waals surface area contributed by atoms with E-state index in [0.717, 1.165) is 45.7 Å². The third kappa shape index (κ3) is 5.60. The van der Waals surface area contributed by atoms with E-state index >= 15 is 0 Å². The van der Waals surface area contributed by atoms with Crippen LogP contribution in [-0.2, 0) is 0 Å². The van der Waals surface area contributed by atoms with Crippen molar-refractivity contribution < 1.29 is 18.6 Å². The maximum absolute atomic E-state index is 6.48. The minimum atomic E-state index is -0.262. The molecule has 1 fully saturated rings. The van der Waals surface area contributed by atoms with E-state index in [1.165, 1.54) is 0 Å². The second kappa shape index (κ2) is 11.7. The van der Waals surface area contributed by atoms with Gasteiger partial charge in [-0.3, -0.25) is 4.98 Å². The van der Waals surface area contributed by atoms with E-state index in [0.29, 0.717) is 17.5 Å². The van der Waals surface area contributed by atoms with Crippen LogP contribution in [0.2, 0.25) is 0 Å². The molecule has 3 heterocycles. The van der Waals surface area contributed by atoms with Crippen molar-refractivity contribution in [1.29, 1.82) is 0 Å². The Hall–Kier alpha value is -4.82. The molecule has 1 aliphatic rings. The topological polar surface area (TPSA) is 69.0 Å². The van der Waals surface area contributed by atoms with Crippen molar-refractivity contribution in [3.63, 3.8) is 0 Å². The molecule has 6 rings (SSSR count). The average Bonchev–Trinajstić information content (AvgIpc) is 3.64. The molecule has 2 atom stereocenters. The Morgan fingerprint density at radius 1 is 0.829 bits per heavy atom. The SMILES string of the molecule is CCOc1ccc(-c2ccc([C@H]3[C@H](c4ccccn4)NC(=S)N3c3ccc(Oc4ccc(OC)cc4)cc3)o2)cc1. The minimum Gasteiger partial charge on any atom is -0.497 e. The zero-order chi connectivity index (χ0) is 28.2. The number of hydrogen-bond acceptors (Lipinski definition) is 6. The van der Waals surface area contributed by atoms with Gasteiger partial charge in [-0.05, 0) is 116 Å². The highest BCUT2D eigenvalue weighted by molar-refractivity contribution is 7.80. The summed E-state index contributed by atoms with van der Waals surface area (Å²) in [4.78, 5) is 6.71. The molecule has 7 nitrogen and oxygen atoms in total. The highest BCUT2D eigenvalue weighted by Gasteiger charge is 2.42. The maximum Gasteiger partial charge on any atom is 0.174 e. The summed E-state index contributed by atoms with van der Waals surface area (Å²) in [7, 11) is 1.64. The number of hydrogen-bond donors (Lipinski definition) is 1. The molecule has 8 heteroatoms. The first kappa shape index (κ1) is 26.4. The molecule has 3 aromatic carbocycles. The minimum absolute atomic E-state index is 0.210. The second-order valence-electron chi connectivity index (χ2n) is 9.43. The van der Waals surface area contributed by atoms with Crippen molar-refractivity contribution in [1.82, 2.24) is 10.3 Å². The molecule has 5 aromatic rings. The van der Waals surface area contributed by atoms with Crippen molar-refractivity contribution in [2.24, 2.45) is 0 Å². The Labute approximate surface area is 244 Å². The number of rotatable bonds is 9. The second-order valence-corrected chi connectivity index (χ2v) is 9.81. The summed E-state index contributed by atoms with van der Waals surface area (Å²) >= 11 is 5.87. The molecule has 1 saturated heterocycles. The van der Waals surface area contributed by atoms with Crippen LogP contribution in [-0.4, -0.2) is 23.8 Å². The van der Waals surface area contributed by atoms with Gasteiger partial charge in [-0.1, -0.05) is 6.07 Å². The van der Waals surface area contributed by atoms with Crippen LogP contribution in [0, 0.1) is 0 Å². The first-order valence-electron chi connectivity index (χ1n) is 13.4. The molecular formula is C33H29N3O4S. The van der Waals surface area contributed by atoms with Gasteiger partial charge in [0, 0.05) is 17.4 Å². The molecule has 1 aliphatic heterocycles. The Morgan fingerprint density at radius 3 is 2.17 bits per heavy atom. The zero-order valence-electron chi connectivity index (χ0n) is 22.7. The third-order valence-corrected chi connectivity index (χ3v) is 7.19. The summed E-state index contributed by atoms with van der Waals surface area (Å²) in [6.07, 6.45) is 1.79. The van der Waals surface area contributed by atoms with Gasteiger partial charge in [-0.15, -0.1) is 0 Å². The molecule has 0 unspecified atom stereocenters. The lowest BCUT2D eigenvalue weighted by atomic mass is 10.0. The van der Waals surface area contributed by atoms with E-state index in [4.69, 9.17) is 30.8 Å². The van der Waals surface area contributed by atoms with E-state index in [1.54, 1.807) is 13.3 Å². The van der Waals surface area contributed by atoms with Gasteiger partial charge in [-0.25, -0.2) is 0 Å². The van der Waals surface area contributed by atoms with Gasteiger partial charge in [0.15, 0.2) is 5.11 Å². The van der Waals surface area contributed by atoms with Crippen LogP contribution in [0.15, 0.2) is 114 Å². The Balaban J connectivity index is 1.30. The smallest absolute Gasteiger partial charge is 0.174 e. The van der Waals surface area contributed by atoms with Crippen molar-refractivity contribution in [3.8, 4) is 34.3 Å². The molecule has 0 amide bonds. The fourth-order valence-electron chi connectivity index (χ4n) is 4.93. The number of nitrogens with zero attached hydrogens (tertiary/aromatic N) is 2. The molecule has 0 saturated carbocycles. The lowest BCUT2D eigenvalue weighted by molar-refractivity contribution is 0.340. The molecule has 2 aromatic heterocycles. The van der Waals surface area contributed by atoms with E-state index in [1.807, 2.05) is 110 Å². The van der Waals surface area contributed by atoms with Crippen molar-refractivity contribution in [3.05, 3.63) is 121 Å². The van der Waals surface area contributed by atoms with Crippen LogP contribution >= 0.6 is 12.2 Å². The largest absolute Gasteiger partial charge is 0.497 e. The summed E-state index contributed by atoms with van der Waals surface area (Å²) in [6.45, 7) is 2.59. The predicted octanol–water partition coefficient (Wildman–Crippen LogP) is 7.72. The van der Waals surface area contributed by atoms with Gasteiger partial charge in [0.2, 0.25) is 0 Å². The molecule has 0 spiro atoms. The lowest BCUT2D eigenvalue weighted by Gasteiger charge is -2.26. The van der Waals surface area contributed by atoms with Gasteiger partial charge in [0.1, 0.15) is 40.6 Å². The van der Waals surface area contributed by atoms with Crippen LogP contribution in [0.3, 0.4) is 0 Å². The molecule has 1 N–H and O–H groups in total. The monoisotopic (exact) mass is 563 g/mol. The molecule has 41 heavy (non-hydrogen) atoms. The van der Waals surface area contributed by atoms with Crippen LogP contribution in [0.1, 0.15) is 30.5 Å². The van der Waals surface area contributed by atoms with Crippen LogP contribution in [0.5, 0.6) is 23.0 Å². The maximum atomic E-state index is 6.48. The van der Waals surface area contributed by atoms with Crippen LogP contribution in [0.4, 0.5) is 5.69 Å². The highest BCUT2D eigenvalue weighted by Crippen LogP contribution is 2.43. The summed E-state index contributed by atoms with van der Waals surface area (Å²) in [5.74, 6) is 4.58. The quantitative estimate of drug-likeness (QED) is 0.183. The van der Waals surface area contributed by atoms with Crippen LogP contribution in [0.25, 0.3) is 11.3 Å². The fraction of sp³-hybridized carbons (Fsp3) is 0.152. The first-order valence-corrected chi connectivity index (χ1v) is 13.8. The summed E-state index contributed by atoms with van der Waals surface area (Å²) in [5, 5.41) is 4.07. The Morgan fingerprint density at radius 2 is 1.51 bits per heavy atom. The number of anilines is 1. The Kier molecular flexibility index (Phi) is 7.56. The Bertz CT molecular complexity index is 1600. The molecule has 0 aliphatic carbocycles. The van der Waals surface area contributed by atoms with Gasteiger partial charge >= 0.3 is 0 Å². The van der Waals surface area contributed by atoms with Gasteiger partial charge in [0.05, 0.1) is 25.5 Å². The summed E-state index contributed by atoms with van der Waals surface area (Å²) in [6, 6.07) is 32.7. The molecule has 206 valence electrons. The number of nitrogens with one attached hydrogen (secondary N) is 1. The highest BCUT2D eigenvalue weighted by atomic mass is 32.1. The zero-order valence-corrected chi connectivity index (χ0v) is 23.5. The number of methoxy groups -OCH3 is 1. The number of benzene rings is 3. The van der Waals surface area contributed by atoms with E-state index in [9.17, 15) is 0 Å². The number of ether oxygens (including phenoxy) is 3.